The molecule has 5 rings (SSSR count). The van der Waals surface area contributed by atoms with Crippen molar-refractivity contribution in [2.75, 3.05) is 13.2 Å². The monoisotopic (exact) mass is 498 g/mol. The van der Waals surface area contributed by atoms with Crippen LogP contribution in [0.2, 0.25) is 0 Å². The Bertz CT molecular complexity index is 1050. The predicted octanol–water partition coefficient (Wildman–Crippen LogP) is 2.73. The van der Waals surface area contributed by atoms with Crippen molar-refractivity contribution in [2.45, 2.75) is 89.4 Å². The van der Waals surface area contributed by atoms with Crippen LogP contribution in [0.1, 0.15) is 71.6 Å². The Morgan fingerprint density at radius 3 is 2.67 bits per heavy atom. The first-order valence-corrected chi connectivity index (χ1v) is 13.3. The molecule has 0 aromatic rings. The van der Waals surface area contributed by atoms with Crippen LogP contribution in [0.25, 0.3) is 0 Å². The van der Waals surface area contributed by atoms with Gasteiger partial charge in [0.15, 0.2) is 6.61 Å². The Balaban J connectivity index is 1.25. The number of terminal acetylenes is 1. The van der Waals surface area contributed by atoms with Crippen LogP contribution in [0.5, 0.6) is 0 Å². The van der Waals surface area contributed by atoms with E-state index in [0.29, 0.717) is 24.2 Å². The number of amides is 1. The number of aliphatic hydroxyl groups is 2. The number of hydrogen-bond acceptors (Lipinski definition) is 6. The number of hydrogen-bond donors (Lipinski definition) is 3. The van der Waals surface area contributed by atoms with E-state index in [4.69, 9.17) is 11.3 Å². The smallest absolute Gasteiger partial charge is 0.326 e. The second-order valence-corrected chi connectivity index (χ2v) is 12.1. The van der Waals surface area contributed by atoms with Gasteiger partial charge in [-0.3, -0.25) is 4.79 Å². The number of likely N-dealkylation sites (tertiary alicyclic amines) is 1. The van der Waals surface area contributed by atoms with Crippen LogP contribution in [-0.2, 0) is 14.4 Å². The van der Waals surface area contributed by atoms with Crippen LogP contribution in [0.3, 0.4) is 0 Å². The number of rotatable bonds is 4. The van der Waals surface area contributed by atoms with Crippen LogP contribution in [-0.4, -0.2) is 68.7 Å². The molecule has 1 aliphatic heterocycles. The third kappa shape index (κ3) is 3.78. The maximum Gasteiger partial charge on any atom is 0.326 e. The van der Waals surface area contributed by atoms with Gasteiger partial charge in [-0.2, -0.15) is 0 Å². The average molecular weight is 499 g/mol. The quantitative estimate of drug-likeness (QED) is 0.405. The minimum Gasteiger partial charge on any atom is -0.480 e. The van der Waals surface area contributed by atoms with Crippen LogP contribution in [0.15, 0.2) is 16.8 Å². The van der Waals surface area contributed by atoms with Gasteiger partial charge in [0.2, 0.25) is 0 Å². The number of oxime groups is 1. The highest BCUT2D eigenvalue weighted by molar-refractivity contribution is 5.96. The Hall–Kier alpha value is -2.37. The summed E-state index contributed by atoms with van der Waals surface area (Å²) in [4.78, 5) is 30.4. The molecule has 8 nitrogen and oxygen atoms in total. The predicted molar refractivity (Wildman–Crippen MR) is 133 cm³/mol. The topological polar surface area (TPSA) is 120 Å². The Morgan fingerprint density at radius 1 is 1.19 bits per heavy atom. The first-order valence-electron chi connectivity index (χ1n) is 13.3. The van der Waals surface area contributed by atoms with Gasteiger partial charge in [0.1, 0.15) is 11.6 Å². The fraction of sp³-hybridized carbons (Fsp3) is 0.750. The van der Waals surface area contributed by atoms with Gasteiger partial charge in [0, 0.05) is 18.4 Å². The van der Waals surface area contributed by atoms with Crippen molar-refractivity contribution < 1.29 is 29.7 Å². The number of carbonyl (C=O) groups is 2. The van der Waals surface area contributed by atoms with Gasteiger partial charge in [-0.15, -0.1) is 6.42 Å². The average Bonchev–Trinajstić information content (AvgIpc) is 3.37. The molecule has 1 saturated heterocycles. The lowest BCUT2D eigenvalue weighted by molar-refractivity contribution is -0.150. The number of carboxylic acids is 1. The molecule has 196 valence electrons. The fourth-order valence-corrected chi connectivity index (χ4v) is 8.47. The molecule has 0 aromatic heterocycles. The highest BCUT2D eigenvalue weighted by Crippen LogP contribution is 2.67. The fourth-order valence-electron chi connectivity index (χ4n) is 8.47. The molecule has 4 aliphatic carbocycles. The summed E-state index contributed by atoms with van der Waals surface area (Å²) in [7, 11) is 0. The standard InChI is InChI=1S/C28H38N2O6/c1-4-28(35)12-9-22-20-6-5-17-13-18(7-10-26(17,2)21(20)8-11-27(22,28)3)29-36-16-24(32)30-15-19(31)14-23(30)25(33)34/h1,13,19-23,31,35H,5-12,14-16H2,2-3H3,(H,33,34). The normalized spacial score (nSPS) is 44.8. The minimum atomic E-state index is -1.12. The van der Waals surface area contributed by atoms with Gasteiger partial charge >= 0.3 is 5.97 Å². The van der Waals surface area contributed by atoms with Crippen molar-refractivity contribution in [3.63, 3.8) is 0 Å². The molecule has 4 fully saturated rings. The number of β-amino-alcohol motifs (C(OH)–C–C–N with tert-alkyl or cyclic N) is 1. The van der Waals surface area contributed by atoms with Crippen molar-refractivity contribution in [2.24, 2.45) is 33.7 Å². The molecule has 1 heterocycles. The molecule has 0 spiro atoms. The molecule has 3 N–H and O–H groups in total. The zero-order chi connectivity index (χ0) is 25.9. The summed E-state index contributed by atoms with van der Waals surface area (Å²) >= 11 is 0. The highest BCUT2D eigenvalue weighted by Gasteiger charge is 2.63. The van der Waals surface area contributed by atoms with Gasteiger partial charge in [-0.05, 0) is 80.6 Å². The van der Waals surface area contributed by atoms with Gasteiger partial charge in [-0.1, -0.05) is 30.5 Å². The van der Waals surface area contributed by atoms with Gasteiger partial charge < -0.3 is 25.1 Å². The molecule has 8 heteroatoms. The molecule has 0 bridgehead atoms. The van der Waals surface area contributed by atoms with E-state index in [0.717, 1.165) is 55.6 Å². The Morgan fingerprint density at radius 2 is 1.94 bits per heavy atom. The summed E-state index contributed by atoms with van der Waals surface area (Å²) in [6.07, 6.45) is 14.7. The number of aliphatic carboxylic acids is 1. The summed E-state index contributed by atoms with van der Waals surface area (Å²) in [6.45, 7) is 4.25. The van der Waals surface area contributed by atoms with Crippen LogP contribution in [0.4, 0.5) is 0 Å². The summed E-state index contributed by atoms with van der Waals surface area (Å²) in [6, 6.07) is -1.02. The first-order chi connectivity index (χ1) is 17.0. The molecule has 5 aliphatic rings. The van der Waals surface area contributed by atoms with Gasteiger partial charge in [0.25, 0.3) is 5.91 Å². The van der Waals surface area contributed by atoms with Crippen molar-refractivity contribution in [3.8, 4) is 12.3 Å². The van der Waals surface area contributed by atoms with E-state index in [-0.39, 0.29) is 30.4 Å². The number of carboxylic acid groups (broad SMARTS) is 1. The molecule has 8 unspecified atom stereocenters. The lowest BCUT2D eigenvalue weighted by Crippen LogP contribution is -2.54. The van der Waals surface area contributed by atoms with E-state index in [1.807, 2.05) is 0 Å². The zero-order valence-electron chi connectivity index (χ0n) is 21.3. The van der Waals surface area contributed by atoms with E-state index >= 15 is 0 Å². The van der Waals surface area contributed by atoms with E-state index < -0.39 is 29.6 Å². The largest absolute Gasteiger partial charge is 0.480 e. The van der Waals surface area contributed by atoms with E-state index in [1.54, 1.807) is 0 Å². The number of nitrogens with zero attached hydrogens (tertiary/aromatic N) is 2. The summed E-state index contributed by atoms with van der Waals surface area (Å²) in [5, 5.41) is 34.5. The number of allylic oxidation sites excluding steroid dienone is 2. The Labute approximate surface area is 212 Å². The maximum atomic E-state index is 12.5. The highest BCUT2D eigenvalue weighted by atomic mass is 16.6. The SMILES string of the molecule is C#CC1(O)CCC2C3CCC4=CC(=NOCC(=O)N5CC(O)CC5C(=O)O)CCC4(C)C3CCC21C. The molecule has 0 aromatic carbocycles. The molecule has 1 amide bonds. The lowest BCUT2D eigenvalue weighted by atomic mass is 9.46. The van der Waals surface area contributed by atoms with Crippen molar-refractivity contribution >= 4 is 17.6 Å². The van der Waals surface area contributed by atoms with E-state index in [1.165, 1.54) is 5.57 Å². The lowest BCUT2D eigenvalue weighted by Gasteiger charge is -2.58. The van der Waals surface area contributed by atoms with Crippen LogP contribution >= 0.6 is 0 Å². The zero-order valence-corrected chi connectivity index (χ0v) is 21.3. The molecule has 3 saturated carbocycles. The third-order valence-electron chi connectivity index (χ3n) is 10.6. The molecular formula is C28H38N2O6. The number of fused-ring (bicyclic) bond motifs is 5. The van der Waals surface area contributed by atoms with Crippen molar-refractivity contribution in [3.05, 3.63) is 11.6 Å². The molecule has 8 atom stereocenters. The second-order valence-electron chi connectivity index (χ2n) is 12.1. The summed E-state index contributed by atoms with van der Waals surface area (Å²) in [5.41, 5.74) is 1.11. The molecule has 0 radical (unpaired) electrons. The second kappa shape index (κ2) is 8.88. The summed E-state index contributed by atoms with van der Waals surface area (Å²) < 4.78 is 0. The first kappa shape index (κ1) is 25.3. The Kier molecular flexibility index (Phi) is 6.24. The van der Waals surface area contributed by atoms with E-state index in [2.05, 4.69) is 31.0 Å². The third-order valence-corrected chi connectivity index (χ3v) is 10.6. The maximum absolute atomic E-state index is 12.5. The van der Waals surface area contributed by atoms with Gasteiger partial charge in [-0.25, -0.2) is 4.79 Å². The molecular weight excluding hydrogens is 460 g/mol. The molecule has 36 heavy (non-hydrogen) atoms. The van der Waals surface area contributed by atoms with Gasteiger partial charge in [0.05, 0.1) is 11.8 Å². The number of aliphatic hydroxyl groups excluding tert-OH is 1. The van der Waals surface area contributed by atoms with Crippen LogP contribution < -0.4 is 0 Å². The minimum absolute atomic E-state index is 0.000520. The summed E-state index contributed by atoms with van der Waals surface area (Å²) in [5.74, 6) is 2.73. The van der Waals surface area contributed by atoms with E-state index in [9.17, 15) is 24.9 Å². The van der Waals surface area contributed by atoms with Crippen LogP contribution in [0, 0.1) is 40.9 Å². The van der Waals surface area contributed by atoms with Crippen molar-refractivity contribution in [1.29, 1.82) is 0 Å². The van der Waals surface area contributed by atoms with Crippen molar-refractivity contribution in [1.82, 2.24) is 4.90 Å². The number of carbonyl (C=O) groups excluding carboxylic acids is 1.